The van der Waals surface area contributed by atoms with Gasteiger partial charge in [-0.05, 0) is 36.9 Å². The summed E-state index contributed by atoms with van der Waals surface area (Å²) in [6.45, 7) is 8.10. The van der Waals surface area contributed by atoms with Gasteiger partial charge in [0.2, 0.25) is 0 Å². The molecule has 3 nitrogen and oxygen atoms in total. The topological polar surface area (TPSA) is 18.5 Å². The van der Waals surface area contributed by atoms with E-state index in [1.165, 1.54) is 48.9 Å². The molecule has 20 heavy (non-hydrogen) atoms. The molecule has 0 amide bonds. The van der Waals surface area contributed by atoms with E-state index in [2.05, 4.69) is 58.1 Å². The number of rotatable bonds is 4. The first-order valence-corrected chi connectivity index (χ1v) is 8.92. The van der Waals surface area contributed by atoms with Crippen LogP contribution in [0.4, 0.5) is 11.4 Å². The molecule has 0 saturated carbocycles. The number of hydrogen-bond donors (Lipinski definition) is 1. The maximum Gasteiger partial charge on any atom is 0.0387 e. The highest BCUT2D eigenvalue weighted by atomic mass is 32.2. The fourth-order valence-electron chi connectivity index (χ4n) is 3.00. The summed E-state index contributed by atoms with van der Waals surface area (Å²) < 4.78 is 0. The molecule has 1 aromatic carbocycles. The van der Waals surface area contributed by atoms with Crippen LogP contribution in [0.25, 0.3) is 0 Å². The van der Waals surface area contributed by atoms with Crippen LogP contribution in [0.15, 0.2) is 24.3 Å². The van der Waals surface area contributed by atoms with Crippen LogP contribution < -0.4 is 10.2 Å². The molecule has 0 aromatic heterocycles. The van der Waals surface area contributed by atoms with Crippen LogP contribution in [0.1, 0.15) is 13.3 Å². The van der Waals surface area contributed by atoms with Crippen molar-refractivity contribution in [2.24, 2.45) is 0 Å². The quantitative estimate of drug-likeness (QED) is 0.919. The van der Waals surface area contributed by atoms with Gasteiger partial charge >= 0.3 is 0 Å². The van der Waals surface area contributed by atoms with E-state index in [1.54, 1.807) is 0 Å². The van der Waals surface area contributed by atoms with Crippen LogP contribution >= 0.6 is 11.8 Å². The van der Waals surface area contributed by atoms with Crippen LogP contribution in [-0.2, 0) is 0 Å². The number of nitrogens with one attached hydrogen (secondary N) is 1. The molecule has 2 fully saturated rings. The lowest BCUT2D eigenvalue weighted by atomic mass is 10.2. The van der Waals surface area contributed by atoms with Crippen LogP contribution in [0.5, 0.6) is 0 Å². The first-order chi connectivity index (χ1) is 9.85. The second-order valence-corrected chi connectivity index (χ2v) is 6.83. The standard InChI is InChI=1S/C16H25N3S/c1-2-18-7-9-19(10-8-18)16-5-3-4-14(12-16)17-15-6-11-20-13-15/h3-5,12,15,17H,2,6-11,13H2,1H3/t15-/m1/s1. The first kappa shape index (κ1) is 14.1. The van der Waals surface area contributed by atoms with Gasteiger partial charge in [-0.2, -0.15) is 11.8 Å². The number of anilines is 2. The Morgan fingerprint density at radius 3 is 2.80 bits per heavy atom. The third-order valence-electron chi connectivity index (χ3n) is 4.33. The van der Waals surface area contributed by atoms with Crippen molar-refractivity contribution in [3.63, 3.8) is 0 Å². The molecule has 4 heteroatoms. The fourth-order valence-corrected chi connectivity index (χ4v) is 4.15. The van der Waals surface area contributed by atoms with Crippen LogP contribution in [0.2, 0.25) is 0 Å². The zero-order chi connectivity index (χ0) is 13.8. The van der Waals surface area contributed by atoms with Crippen molar-refractivity contribution >= 4 is 23.1 Å². The molecule has 0 spiro atoms. The summed E-state index contributed by atoms with van der Waals surface area (Å²) in [5, 5.41) is 3.68. The number of thioether (sulfide) groups is 1. The predicted octanol–water partition coefficient (Wildman–Crippen LogP) is 2.75. The summed E-state index contributed by atoms with van der Waals surface area (Å²) >= 11 is 2.06. The lowest BCUT2D eigenvalue weighted by Gasteiger charge is -2.35. The normalized spacial score (nSPS) is 24.1. The lowest BCUT2D eigenvalue weighted by molar-refractivity contribution is 0.271. The molecular formula is C16H25N3S. The van der Waals surface area contributed by atoms with E-state index in [4.69, 9.17) is 0 Å². The average Bonchev–Trinajstić information content (AvgIpc) is 3.01. The number of piperazine rings is 1. The van der Waals surface area contributed by atoms with Gasteiger partial charge in [-0.1, -0.05) is 13.0 Å². The number of likely N-dealkylation sites (N-methyl/N-ethyl adjacent to an activating group) is 1. The lowest BCUT2D eigenvalue weighted by Crippen LogP contribution is -2.46. The van der Waals surface area contributed by atoms with E-state index in [9.17, 15) is 0 Å². The maximum absolute atomic E-state index is 3.68. The highest BCUT2D eigenvalue weighted by Gasteiger charge is 2.17. The second kappa shape index (κ2) is 6.72. The van der Waals surface area contributed by atoms with Crippen molar-refractivity contribution < 1.29 is 0 Å². The van der Waals surface area contributed by atoms with Crippen molar-refractivity contribution in [2.75, 3.05) is 54.4 Å². The van der Waals surface area contributed by atoms with E-state index >= 15 is 0 Å². The molecule has 2 saturated heterocycles. The van der Waals surface area contributed by atoms with Crippen molar-refractivity contribution in [3.8, 4) is 0 Å². The van der Waals surface area contributed by atoms with Crippen LogP contribution in [-0.4, -0.2) is 55.2 Å². The summed E-state index contributed by atoms with van der Waals surface area (Å²) in [5.41, 5.74) is 2.66. The molecule has 2 heterocycles. The monoisotopic (exact) mass is 291 g/mol. The Hall–Kier alpha value is -0.870. The average molecular weight is 291 g/mol. The zero-order valence-corrected chi connectivity index (χ0v) is 13.2. The van der Waals surface area contributed by atoms with E-state index in [1.807, 2.05) is 0 Å². The third-order valence-corrected chi connectivity index (χ3v) is 5.49. The number of nitrogens with zero attached hydrogens (tertiary/aromatic N) is 2. The molecule has 2 aliphatic rings. The van der Waals surface area contributed by atoms with Gasteiger partial charge in [0.25, 0.3) is 0 Å². The van der Waals surface area contributed by atoms with Crippen molar-refractivity contribution in [3.05, 3.63) is 24.3 Å². The minimum Gasteiger partial charge on any atom is -0.381 e. The number of hydrogen-bond acceptors (Lipinski definition) is 4. The van der Waals surface area contributed by atoms with Crippen molar-refractivity contribution in [2.45, 2.75) is 19.4 Å². The van der Waals surface area contributed by atoms with Crippen molar-refractivity contribution in [1.29, 1.82) is 0 Å². The number of benzene rings is 1. The molecular weight excluding hydrogens is 266 g/mol. The Bertz CT molecular complexity index is 423. The van der Waals surface area contributed by atoms with E-state index in [0.717, 1.165) is 13.1 Å². The Kier molecular flexibility index (Phi) is 4.73. The summed E-state index contributed by atoms with van der Waals surface area (Å²) in [5.74, 6) is 2.55. The molecule has 2 aliphatic heterocycles. The van der Waals surface area contributed by atoms with E-state index < -0.39 is 0 Å². The Morgan fingerprint density at radius 2 is 2.10 bits per heavy atom. The van der Waals surface area contributed by atoms with Gasteiger partial charge < -0.3 is 15.1 Å². The molecule has 0 bridgehead atoms. The van der Waals surface area contributed by atoms with Gasteiger partial charge in [-0.15, -0.1) is 0 Å². The molecule has 1 atom stereocenters. The Labute approximate surface area is 126 Å². The Morgan fingerprint density at radius 1 is 1.25 bits per heavy atom. The van der Waals surface area contributed by atoms with Crippen LogP contribution in [0.3, 0.4) is 0 Å². The van der Waals surface area contributed by atoms with E-state index in [-0.39, 0.29) is 0 Å². The highest BCUT2D eigenvalue weighted by molar-refractivity contribution is 7.99. The third kappa shape index (κ3) is 3.41. The highest BCUT2D eigenvalue weighted by Crippen LogP contribution is 2.25. The summed E-state index contributed by atoms with van der Waals surface area (Å²) in [4.78, 5) is 5.04. The summed E-state index contributed by atoms with van der Waals surface area (Å²) in [7, 11) is 0. The molecule has 0 unspecified atom stereocenters. The molecule has 110 valence electrons. The van der Waals surface area contributed by atoms with Gasteiger partial charge in [-0.25, -0.2) is 0 Å². The SMILES string of the molecule is CCN1CCN(c2cccc(N[C@@H]3CCSC3)c2)CC1. The largest absolute Gasteiger partial charge is 0.381 e. The minimum atomic E-state index is 0.659. The van der Waals surface area contributed by atoms with Crippen molar-refractivity contribution in [1.82, 2.24) is 4.90 Å². The maximum atomic E-state index is 3.68. The summed E-state index contributed by atoms with van der Waals surface area (Å²) in [6.07, 6.45) is 1.30. The minimum absolute atomic E-state index is 0.659. The van der Waals surface area contributed by atoms with Crippen LogP contribution in [0, 0.1) is 0 Å². The molecule has 1 N–H and O–H groups in total. The zero-order valence-electron chi connectivity index (χ0n) is 12.3. The van der Waals surface area contributed by atoms with Gasteiger partial charge in [0.15, 0.2) is 0 Å². The second-order valence-electron chi connectivity index (χ2n) is 5.68. The Balaban J connectivity index is 1.62. The fraction of sp³-hybridized carbons (Fsp3) is 0.625. The summed E-state index contributed by atoms with van der Waals surface area (Å²) in [6, 6.07) is 9.62. The molecule has 0 radical (unpaired) electrons. The van der Waals surface area contributed by atoms with Gasteiger partial charge in [0.05, 0.1) is 0 Å². The molecule has 0 aliphatic carbocycles. The van der Waals surface area contributed by atoms with Gasteiger partial charge in [0.1, 0.15) is 0 Å². The van der Waals surface area contributed by atoms with Gasteiger partial charge in [-0.3, -0.25) is 0 Å². The predicted molar refractivity (Wildman–Crippen MR) is 90.1 cm³/mol. The first-order valence-electron chi connectivity index (χ1n) is 7.77. The van der Waals surface area contributed by atoms with Gasteiger partial charge in [0, 0.05) is 49.3 Å². The van der Waals surface area contributed by atoms with E-state index in [0.29, 0.717) is 6.04 Å². The molecule has 1 aromatic rings. The molecule has 3 rings (SSSR count). The smallest absolute Gasteiger partial charge is 0.0387 e.